The van der Waals surface area contributed by atoms with E-state index in [2.05, 4.69) is 25.3 Å². The molecule has 9 nitrogen and oxygen atoms in total. The maximum Gasteiger partial charge on any atom is 0.423 e. The highest BCUT2D eigenvalue weighted by molar-refractivity contribution is 5.81. The molecule has 2 fully saturated rings. The third kappa shape index (κ3) is 4.82. The van der Waals surface area contributed by atoms with Gasteiger partial charge < -0.3 is 30.3 Å². The second kappa shape index (κ2) is 8.78. The lowest BCUT2D eigenvalue weighted by atomic mass is 9.83. The molecule has 188 valence electrons. The molecule has 1 unspecified atom stereocenters. The van der Waals surface area contributed by atoms with Crippen LogP contribution in [0.4, 0.5) is 9.59 Å². The summed E-state index contributed by atoms with van der Waals surface area (Å²) in [6, 6.07) is 7.52. The van der Waals surface area contributed by atoms with E-state index in [0.29, 0.717) is 37.3 Å². The highest BCUT2D eigenvalue weighted by atomic mass is 16.7. The third-order valence-electron chi connectivity index (χ3n) is 6.89. The van der Waals surface area contributed by atoms with Crippen LogP contribution in [-0.2, 0) is 11.4 Å². The maximum atomic E-state index is 12.1. The molecule has 0 bridgehead atoms. The Morgan fingerprint density at radius 2 is 1.77 bits per heavy atom. The number of rotatable bonds is 7. The van der Waals surface area contributed by atoms with Crippen LogP contribution in [0.3, 0.4) is 0 Å². The van der Waals surface area contributed by atoms with Crippen LogP contribution in [0.25, 0.3) is 11.1 Å². The Morgan fingerprint density at radius 1 is 1.03 bits per heavy atom. The topological polar surface area (TPSA) is 122 Å². The van der Waals surface area contributed by atoms with E-state index in [9.17, 15) is 9.59 Å². The van der Waals surface area contributed by atoms with Crippen molar-refractivity contribution in [2.45, 2.75) is 65.0 Å². The van der Waals surface area contributed by atoms with Gasteiger partial charge in [-0.3, -0.25) is 0 Å². The van der Waals surface area contributed by atoms with Gasteiger partial charge in [-0.2, -0.15) is 0 Å². The van der Waals surface area contributed by atoms with Crippen molar-refractivity contribution in [2.75, 3.05) is 13.2 Å². The van der Waals surface area contributed by atoms with Crippen molar-refractivity contribution in [1.29, 1.82) is 0 Å². The van der Waals surface area contributed by atoms with Gasteiger partial charge in [-0.1, -0.05) is 32.9 Å². The largest absolute Gasteiger partial charge is 0.493 e. The van der Waals surface area contributed by atoms with E-state index < -0.39 is 18.2 Å². The van der Waals surface area contributed by atoms with Crippen LogP contribution < -0.4 is 20.9 Å². The zero-order valence-corrected chi connectivity index (χ0v) is 20.6. The molecule has 2 saturated carbocycles. The summed E-state index contributed by atoms with van der Waals surface area (Å²) in [5.74, 6) is 2.20. The van der Waals surface area contributed by atoms with Gasteiger partial charge in [0.05, 0.1) is 24.9 Å². The summed E-state index contributed by atoms with van der Waals surface area (Å²) in [6.07, 6.45) is 2.79. The number of carbonyl (C=O) groups is 2. The molecule has 0 radical (unpaired) electrons. The van der Waals surface area contributed by atoms with E-state index >= 15 is 0 Å². The molecule has 3 aliphatic rings. The van der Waals surface area contributed by atoms with Gasteiger partial charge in [0.1, 0.15) is 5.75 Å². The summed E-state index contributed by atoms with van der Waals surface area (Å²) >= 11 is 0. The van der Waals surface area contributed by atoms with Crippen LogP contribution in [0.2, 0.25) is 0 Å². The molecular formula is C26H34N4O5. The number of ether oxygens (including phenoxy) is 2. The first kappa shape index (κ1) is 23.5. The lowest BCUT2D eigenvalue weighted by Gasteiger charge is -2.42. The number of amides is 2. The van der Waals surface area contributed by atoms with Gasteiger partial charge in [-0.05, 0) is 54.7 Å². The van der Waals surface area contributed by atoms with Crippen molar-refractivity contribution >= 4 is 12.2 Å². The average molecular weight is 483 g/mol. The van der Waals surface area contributed by atoms with E-state index in [0.717, 1.165) is 41.1 Å². The Morgan fingerprint density at radius 3 is 2.37 bits per heavy atom. The summed E-state index contributed by atoms with van der Waals surface area (Å²) in [7, 11) is 0. The van der Waals surface area contributed by atoms with Gasteiger partial charge in [0.2, 0.25) is 0 Å². The number of nitrogens with two attached hydrogens (primary N) is 2. The number of hydroxylamine groups is 2. The number of aromatic nitrogens is 1. The second-order valence-corrected chi connectivity index (χ2v) is 10.9. The molecule has 1 atom stereocenters. The smallest absolute Gasteiger partial charge is 0.423 e. The Hall–Kier alpha value is -3.20. The van der Waals surface area contributed by atoms with Crippen LogP contribution in [0.1, 0.15) is 69.8 Å². The number of fused-ring (bicyclic) bond motifs is 1. The molecular weight excluding hydrogens is 448 g/mol. The summed E-state index contributed by atoms with van der Waals surface area (Å²) in [6.45, 7) is 7.89. The van der Waals surface area contributed by atoms with Crippen molar-refractivity contribution in [1.82, 2.24) is 9.63 Å². The zero-order chi connectivity index (χ0) is 24.9. The lowest BCUT2D eigenvalue weighted by molar-refractivity contribution is -0.168. The van der Waals surface area contributed by atoms with Gasteiger partial charge in [-0.25, -0.2) is 9.59 Å². The molecule has 2 aliphatic carbocycles. The van der Waals surface area contributed by atoms with Crippen LogP contribution in [0.5, 0.6) is 11.5 Å². The first-order valence-corrected chi connectivity index (χ1v) is 12.3. The Balaban J connectivity index is 1.68. The predicted molar refractivity (Wildman–Crippen MR) is 130 cm³/mol. The molecule has 1 aromatic heterocycles. The van der Waals surface area contributed by atoms with Crippen molar-refractivity contribution < 1.29 is 23.9 Å². The number of primary amides is 2. The molecule has 35 heavy (non-hydrogen) atoms. The molecule has 4 N–H and O–H groups in total. The van der Waals surface area contributed by atoms with Crippen molar-refractivity contribution in [3.8, 4) is 22.6 Å². The SMILES string of the molecule is CC(C)(C)C1c2c(OC(N)=O)c(-c3cccc(OCC4CC4)c3)c(C3CC3)n2CCN1OC(N)=O. The van der Waals surface area contributed by atoms with Crippen LogP contribution in [0, 0.1) is 11.3 Å². The van der Waals surface area contributed by atoms with E-state index in [4.69, 9.17) is 25.8 Å². The number of carbonyl (C=O) groups excluding carboxylic acids is 2. The van der Waals surface area contributed by atoms with Crippen LogP contribution in [-0.4, -0.2) is 35.0 Å². The monoisotopic (exact) mass is 482 g/mol. The molecule has 9 heteroatoms. The lowest BCUT2D eigenvalue weighted by Crippen LogP contribution is -2.46. The molecule has 0 saturated heterocycles. The number of hydrogen-bond acceptors (Lipinski definition) is 6. The normalized spacial score (nSPS) is 20.3. The minimum atomic E-state index is -0.885. The summed E-state index contributed by atoms with van der Waals surface area (Å²) in [4.78, 5) is 29.3. The standard InChI is InChI=1S/C26H34N4O5/c1-26(2,3)23-21-22(34-24(27)31)19(17-5-4-6-18(13-17)33-14-15-7-8-15)20(16-9-10-16)29(21)11-12-30(23)35-25(28)32/h4-6,13,15-16,23H,7-12,14H2,1-3H3,(H2,27,31)(H2,28,32). The molecule has 1 aromatic carbocycles. The fraction of sp³-hybridized carbons (Fsp3) is 0.538. The van der Waals surface area contributed by atoms with E-state index in [-0.39, 0.29) is 5.41 Å². The third-order valence-corrected chi connectivity index (χ3v) is 6.89. The van der Waals surface area contributed by atoms with Gasteiger partial charge in [0, 0.05) is 23.7 Å². The second-order valence-electron chi connectivity index (χ2n) is 10.9. The number of nitrogens with zero attached hydrogens (tertiary/aromatic N) is 2. The summed E-state index contributed by atoms with van der Waals surface area (Å²) in [5, 5.41) is 1.60. The number of benzene rings is 1. The highest BCUT2D eigenvalue weighted by Gasteiger charge is 2.46. The Labute approximate surface area is 205 Å². The fourth-order valence-corrected chi connectivity index (χ4v) is 5.17. The molecule has 2 aromatic rings. The first-order valence-electron chi connectivity index (χ1n) is 12.3. The molecule has 2 heterocycles. The molecule has 0 spiro atoms. The highest BCUT2D eigenvalue weighted by Crippen LogP contribution is 2.55. The average Bonchev–Trinajstić information content (AvgIpc) is 3.69. The van der Waals surface area contributed by atoms with Gasteiger partial charge in [0.25, 0.3) is 0 Å². The van der Waals surface area contributed by atoms with Crippen molar-refractivity contribution in [3.63, 3.8) is 0 Å². The van der Waals surface area contributed by atoms with Crippen LogP contribution >= 0.6 is 0 Å². The summed E-state index contributed by atoms with van der Waals surface area (Å²) < 4.78 is 14.0. The molecule has 2 amide bonds. The van der Waals surface area contributed by atoms with Gasteiger partial charge in [-0.15, -0.1) is 5.06 Å². The van der Waals surface area contributed by atoms with Crippen LogP contribution in [0.15, 0.2) is 24.3 Å². The fourth-order valence-electron chi connectivity index (χ4n) is 5.17. The quantitative estimate of drug-likeness (QED) is 0.590. The minimum Gasteiger partial charge on any atom is -0.493 e. The first-order chi connectivity index (χ1) is 16.6. The Kier molecular flexibility index (Phi) is 5.91. The van der Waals surface area contributed by atoms with Gasteiger partial charge in [0.15, 0.2) is 5.75 Å². The Bertz CT molecular complexity index is 1140. The number of hydrogen-bond donors (Lipinski definition) is 2. The van der Waals surface area contributed by atoms with E-state index in [1.54, 1.807) is 5.06 Å². The van der Waals surface area contributed by atoms with E-state index in [1.807, 2.05) is 24.3 Å². The predicted octanol–water partition coefficient (Wildman–Crippen LogP) is 4.69. The van der Waals surface area contributed by atoms with E-state index in [1.165, 1.54) is 12.8 Å². The summed E-state index contributed by atoms with van der Waals surface area (Å²) in [5.41, 5.74) is 14.3. The van der Waals surface area contributed by atoms with Gasteiger partial charge >= 0.3 is 12.2 Å². The minimum absolute atomic E-state index is 0.356. The van der Waals surface area contributed by atoms with Crippen molar-refractivity contribution in [3.05, 3.63) is 35.7 Å². The molecule has 1 aliphatic heterocycles. The zero-order valence-electron chi connectivity index (χ0n) is 20.6. The molecule has 5 rings (SSSR count). The van der Waals surface area contributed by atoms with Crippen molar-refractivity contribution in [2.24, 2.45) is 22.8 Å². The maximum absolute atomic E-state index is 12.1.